The first-order valence-electron chi connectivity index (χ1n) is 9.86. The van der Waals surface area contributed by atoms with E-state index in [1.807, 2.05) is 12.1 Å². The molecule has 4 heteroatoms. The van der Waals surface area contributed by atoms with Crippen LogP contribution in [0.2, 0.25) is 5.02 Å². The number of allylic oxidation sites excluding steroid dienone is 2. The lowest BCUT2D eigenvalue weighted by molar-refractivity contribution is 0.0681. The molecular weight excluding hydrogens is 358 g/mol. The van der Waals surface area contributed by atoms with Gasteiger partial charge < -0.3 is 14.8 Å². The van der Waals surface area contributed by atoms with Gasteiger partial charge in [0.15, 0.2) is 0 Å². The van der Waals surface area contributed by atoms with E-state index in [0.29, 0.717) is 18.4 Å². The summed E-state index contributed by atoms with van der Waals surface area (Å²) in [6.07, 6.45) is 8.13. The third kappa shape index (κ3) is 3.13. The van der Waals surface area contributed by atoms with E-state index in [1.165, 1.54) is 5.56 Å². The fraction of sp³-hybridized carbons (Fsp3) is 0.391. The molecular formula is C23H24ClNO2. The van der Waals surface area contributed by atoms with Crippen molar-refractivity contribution in [2.75, 3.05) is 18.5 Å². The Morgan fingerprint density at radius 1 is 1.11 bits per heavy atom. The number of rotatable bonds is 4. The number of anilines is 1. The molecule has 27 heavy (non-hydrogen) atoms. The molecule has 4 unspecified atom stereocenters. The Balaban J connectivity index is 1.49. The normalized spacial score (nSPS) is 28.5. The van der Waals surface area contributed by atoms with Crippen molar-refractivity contribution in [1.29, 1.82) is 0 Å². The summed E-state index contributed by atoms with van der Waals surface area (Å²) in [7, 11) is 0. The van der Waals surface area contributed by atoms with E-state index in [2.05, 4.69) is 47.8 Å². The van der Waals surface area contributed by atoms with Gasteiger partial charge in [0.05, 0.1) is 17.8 Å². The van der Waals surface area contributed by atoms with Crippen molar-refractivity contribution in [3.63, 3.8) is 0 Å². The highest BCUT2D eigenvalue weighted by atomic mass is 35.5. The summed E-state index contributed by atoms with van der Waals surface area (Å²) in [5.74, 6) is 1.79. The quantitative estimate of drug-likeness (QED) is 0.686. The van der Waals surface area contributed by atoms with Crippen molar-refractivity contribution >= 4 is 17.3 Å². The minimum Gasteiger partial charge on any atom is -0.489 e. The summed E-state index contributed by atoms with van der Waals surface area (Å²) in [6.45, 7) is 1.46. The molecule has 1 fully saturated rings. The number of hydrogen-bond acceptors (Lipinski definition) is 3. The molecule has 3 aliphatic rings. The summed E-state index contributed by atoms with van der Waals surface area (Å²) in [6, 6.07) is 14.7. The van der Waals surface area contributed by atoms with Gasteiger partial charge in [-0.15, -0.1) is 0 Å². The number of ether oxygens (including phenoxy) is 2. The maximum atomic E-state index is 6.55. The molecule has 0 aromatic heterocycles. The fourth-order valence-electron chi connectivity index (χ4n) is 4.71. The van der Waals surface area contributed by atoms with Gasteiger partial charge >= 0.3 is 0 Å². The Morgan fingerprint density at radius 2 is 2.00 bits per heavy atom. The van der Waals surface area contributed by atoms with Crippen LogP contribution in [0.15, 0.2) is 54.6 Å². The fourth-order valence-corrected chi connectivity index (χ4v) is 4.96. The zero-order chi connectivity index (χ0) is 18.2. The number of nitrogens with one attached hydrogen (secondary N) is 1. The molecule has 2 aromatic rings. The van der Waals surface area contributed by atoms with Crippen LogP contribution in [0.25, 0.3) is 0 Å². The second-order valence-corrected chi connectivity index (χ2v) is 8.07. The maximum absolute atomic E-state index is 6.55. The lowest BCUT2D eigenvalue weighted by Crippen LogP contribution is -2.30. The highest BCUT2D eigenvalue weighted by Crippen LogP contribution is 2.52. The van der Waals surface area contributed by atoms with E-state index >= 15 is 0 Å². The molecule has 5 rings (SSSR count). The standard InChI is InChI=1S/C23H24ClNO2/c24-20-11-2-1-7-19(20)22-17-9-3-8-16(17)18-10-4-12-21(23(18)25-22)27-14-15-6-5-13-26-15/h1-4,7-8,10-12,15-17,22,25H,5-6,9,13-14H2. The predicted molar refractivity (Wildman–Crippen MR) is 109 cm³/mol. The van der Waals surface area contributed by atoms with Crippen molar-refractivity contribution in [1.82, 2.24) is 0 Å². The highest BCUT2D eigenvalue weighted by molar-refractivity contribution is 6.31. The topological polar surface area (TPSA) is 30.5 Å². The van der Waals surface area contributed by atoms with E-state index in [0.717, 1.165) is 47.9 Å². The first kappa shape index (κ1) is 17.2. The number of para-hydroxylation sites is 1. The van der Waals surface area contributed by atoms with Crippen LogP contribution < -0.4 is 10.1 Å². The molecule has 0 spiro atoms. The van der Waals surface area contributed by atoms with Crippen molar-refractivity contribution < 1.29 is 9.47 Å². The van der Waals surface area contributed by atoms with Crippen LogP contribution in [0.3, 0.4) is 0 Å². The number of fused-ring (bicyclic) bond motifs is 3. The summed E-state index contributed by atoms with van der Waals surface area (Å²) in [5, 5.41) is 4.60. The van der Waals surface area contributed by atoms with Crippen LogP contribution in [0.4, 0.5) is 5.69 Å². The van der Waals surface area contributed by atoms with Gasteiger partial charge in [-0.1, -0.05) is 54.1 Å². The maximum Gasteiger partial charge on any atom is 0.142 e. The minimum absolute atomic E-state index is 0.179. The third-order valence-corrected chi connectivity index (χ3v) is 6.39. The molecule has 1 N–H and O–H groups in total. The van der Waals surface area contributed by atoms with Crippen LogP contribution in [0, 0.1) is 5.92 Å². The molecule has 1 aliphatic carbocycles. The van der Waals surface area contributed by atoms with E-state index in [1.54, 1.807) is 0 Å². The zero-order valence-electron chi connectivity index (χ0n) is 15.2. The van der Waals surface area contributed by atoms with Gasteiger partial charge in [0.1, 0.15) is 12.4 Å². The lowest BCUT2D eigenvalue weighted by atomic mass is 9.77. The van der Waals surface area contributed by atoms with Crippen LogP contribution >= 0.6 is 11.6 Å². The number of hydrogen-bond donors (Lipinski definition) is 1. The second-order valence-electron chi connectivity index (χ2n) is 7.66. The first-order valence-corrected chi connectivity index (χ1v) is 10.2. The van der Waals surface area contributed by atoms with Crippen molar-refractivity contribution in [2.45, 2.75) is 37.3 Å². The average Bonchev–Trinajstić information content (AvgIpc) is 3.38. The van der Waals surface area contributed by atoms with Crippen molar-refractivity contribution in [2.24, 2.45) is 5.92 Å². The molecule has 2 aliphatic heterocycles. The van der Waals surface area contributed by atoms with E-state index < -0.39 is 0 Å². The van der Waals surface area contributed by atoms with Crippen LogP contribution in [-0.4, -0.2) is 19.3 Å². The summed E-state index contributed by atoms with van der Waals surface area (Å²) in [5.41, 5.74) is 3.59. The first-order chi connectivity index (χ1) is 13.3. The smallest absolute Gasteiger partial charge is 0.142 e. The van der Waals surface area contributed by atoms with Gasteiger partial charge in [0.2, 0.25) is 0 Å². The van der Waals surface area contributed by atoms with Crippen LogP contribution in [0.1, 0.15) is 42.3 Å². The van der Waals surface area contributed by atoms with Gasteiger partial charge in [0.25, 0.3) is 0 Å². The molecule has 4 atom stereocenters. The molecule has 1 saturated heterocycles. The van der Waals surface area contributed by atoms with E-state index in [9.17, 15) is 0 Å². The van der Waals surface area contributed by atoms with Gasteiger partial charge in [-0.25, -0.2) is 0 Å². The Bertz CT molecular complexity index is 859. The van der Waals surface area contributed by atoms with Crippen molar-refractivity contribution in [3.8, 4) is 5.75 Å². The molecule has 2 heterocycles. The Kier molecular flexibility index (Phi) is 4.58. The predicted octanol–water partition coefficient (Wildman–Crippen LogP) is 5.72. The third-order valence-electron chi connectivity index (χ3n) is 6.05. The SMILES string of the molecule is Clc1ccccc1C1Nc2c(OCC3CCCO3)cccc2C2C=CCC21. The average molecular weight is 382 g/mol. The molecule has 0 amide bonds. The lowest BCUT2D eigenvalue weighted by Gasteiger charge is -2.38. The molecule has 0 radical (unpaired) electrons. The zero-order valence-corrected chi connectivity index (χ0v) is 16.0. The van der Waals surface area contributed by atoms with Crippen molar-refractivity contribution in [3.05, 3.63) is 70.8 Å². The Morgan fingerprint density at radius 3 is 2.85 bits per heavy atom. The molecule has 2 aromatic carbocycles. The summed E-state index contributed by atoms with van der Waals surface area (Å²) in [4.78, 5) is 0. The van der Waals surface area contributed by atoms with Gasteiger partial charge in [-0.2, -0.15) is 0 Å². The highest BCUT2D eigenvalue weighted by Gasteiger charge is 2.39. The van der Waals surface area contributed by atoms with Crippen LogP contribution in [-0.2, 0) is 4.74 Å². The van der Waals surface area contributed by atoms with Crippen LogP contribution in [0.5, 0.6) is 5.75 Å². The number of benzene rings is 2. The van der Waals surface area contributed by atoms with Gasteiger partial charge in [-0.3, -0.25) is 0 Å². The molecule has 3 nitrogen and oxygen atoms in total. The van der Waals surface area contributed by atoms with E-state index in [4.69, 9.17) is 21.1 Å². The minimum atomic E-state index is 0.179. The monoisotopic (exact) mass is 381 g/mol. The molecule has 0 saturated carbocycles. The van der Waals surface area contributed by atoms with Gasteiger partial charge in [-0.05, 0) is 48.4 Å². The Labute approximate surface area is 165 Å². The Hall–Kier alpha value is -1.97. The molecule has 0 bridgehead atoms. The van der Waals surface area contributed by atoms with Gasteiger partial charge in [0, 0.05) is 17.5 Å². The van der Waals surface area contributed by atoms with E-state index in [-0.39, 0.29) is 12.1 Å². The largest absolute Gasteiger partial charge is 0.489 e. The summed E-state index contributed by atoms with van der Waals surface area (Å²) >= 11 is 6.55. The molecule has 140 valence electrons. The second kappa shape index (κ2) is 7.21. The summed E-state index contributed by atoms with van der Waals surface area (Å²) < 4.78 is 11.9. The number of halogens is 1.